The Morgan fingerprint density at radius 1 is 1.33 bits per heavy atom. The highest BCUT2D eigenvalue weighted by atomic mass is 32.1. The van der Waals surface area contributed by atoms with E-state index in [1.54, 1.807) is 12.1 Å². The highest BCUT2D eigenvalue weighted by Gasteiger charge is 2.14. The highest BCUT2D eigenvalue weighted by molar-refractivity contribution is 7.71. The first kappa shape index (κ1) is 13.4. The summed E-state index contributed by atoms with van der Waals surface area (Å²) in [4.78, 5) is 12.2. The van der Waals surface area contributed by atoms with Gasteiger partial charge in [-0.05, 0) is 42.5 Å². The van der Waals surface area contributed by atoms with Crippen LogP contribution in [0.15, 0.2) is 39.5 Å². The van der Waals surface area contributed by atoms with E-state index in [1.165, 1.54) is 29.9 Å². The number of rotatable bonds is 2. The first-order valence-electron chi connectivity index (χ1n) is 5.95. The van der Waals surface area contributed by atoms with Gasteiger partial charge in [-0.3, -0.25) is 4.79 Å². The number of hydrogen-bond donors (Lipinski definition) is 1. The second kappa shape index (κ2) is 5.06. The van der Waals surface area contributed by atoms with Crippen LogP contribution < -0.4 is 5.56 Å². The van der Waals surface area contributed by atoms with E-state index in [0.717, 1.165) is 0 Å². The van der Waals surface area contributed by atoms with Gasteiger partial charge in [-0.1, -0.05) is 0 Å². The fourth-order valence-corrected chi connectivity index (χ4v) is 1.99. The quantitative estimate of drug-likeness (QED) is 0.735. The standard InChI is InChI=1S/C13H9FN4O2S/c1-18-12(19)9(11-15-16-13(21)20-11)6-10(17-18)7-2-4-8(14)5-3-7/h2-6H,1H3,(H,16,21). The third-order valence-electron chi connectivity index (χ3n) is 2.87. The van der Waals surface area contributed by atoms with Crippen molar-refractivity contribution in [2.75, 3.05) is 0 Å². The van der Waals surface area contributed by atoms with Gasteiger partial charge in [-0.25, -0.2) is 14.2 Å². The highest BCUT2D eigenvalue weighted by Crippen LogP contribution is 2.20. The van der Waals surface area contributed by atoms with E-state index in [0.29, 0.717) is 11.3 Å². The Bertz CT molecular complexity index is 911. The summed E-state index contributed by atoms with van der Waals surface area (Å²) in [6.45, 7) is 0. The Hall–Kier alpha value is -2.61. The maximum absolute atomic E-state index is 13.0. The van der Waals surface area contributed by atoms with Crippen molar-refractivity contribution in [2.45, 2.75) is 0 Å². The maximum atomic E-state index is 13.0. The molecule has 2 aromatic heterocycles. The van der Waals surface area contributed by atoms with Crippen molar-refractivity contribution in [3.05, 3.63) is 51.3 Å². The van der Waals surface area contributed by atoms with Crippen LogP contribution in [0.5, 0.6) is 0 Å². The third kappa shape index (κ3) is 2.52. The smallest absolute Gasteiger partial charge is 0.284 e. The van der Waals surface area contributed by atoms with Gasteiger partial charge in [-0.15, -0.1) is 5.10 Å². The minimum atomic E-state index is -0.369. The fourth-order valence-electron chi connectivity index (χ4n) is 1.87. The molecule has 0 aliphatic rings. The molecule has 0 atom stereocenters. The Labute approximate surface area is 122 Å². The van der Waals surface area contributed by atoms with Gasteiger partial charge in [-0.2, -0.15) is 5.10 Å². The van der Waals surface area contributed by atoms with Gasteiger partial charge >= 0.3 is 0 Å². The number of H-pyrrole nitrogens is 1. The molecule has 106 valence electrons. The van der Waals surface area contributed by atoms with Crippen LogP contribution in [0.2, 0.25) is 0 Å². The number of nitrogens with zero attached hydrogens (tertiary/aromatic N) is 3. The number of halogens is 1. The molecule has 0 fully saturated rings. The van der Waals surface area contributed by atoms with Crippen LogP contribution in [-0.2, 0) is 7.05 Å². The summed E-state index contributed by atoms with van der Waals surface area (Å²) in [5.41, 5.74) is 1.02. The lowest BCUT2D eigenvalue weighted by Crippen LogP contribution is -2.21. The third-order valence-corrected chi connectivity index (χ3v) is 3.05. The second-order valence-electron chi connectivity index (χ2n) is 4.30. The number of aromatic nitrogens is 4. The topological polar surface area (TPSA) is 76.7 Å². The van der Waals surface area contributed by atoms with Gasteiger partial charge in [0.1, 0.15) is 11.4 Å². The molecular weight excluding hydrogens is 295 g/mol. The monoisotopic (exact) mass is 304 g/mol. The molecule has 0 aliphatic carbocycles. The van der Waals surface area contributed by atoms with Crippen LogP contribution in [0.3, 0.4) is 0 Å². The Morgan fingerprint density at radius 3 is 2.67 bits per heavy atom. The number of hydrogen-bond acceptors (Lipinski definition) is 5. The van der Waals surface area contributed by atoms with Crippen molar-refractivity contribution in [3.63, 3.8) is 0 Å². The lowest BCUT2D eigenvalue weighted by Gasteiger charge is -2.05. The van der Waals surface area contributed by atoms with Crippen LogP contribution in [0, 0.1) is 10.7 Å². The lowest BCUT2D eigenvalue weighted by atomic mass is 10.1. The van der Waals surface area contributed by atoms with Crippen LogP contribution in [-0.4, -0.2) is 20.0 Å². The van der Waals surface area contributed by atoms with Gasteiger partial charge in [0.15, 0.2) is 0 Å². The summed E-state index contributed by atoms with van der Waals surface area (Å²) >= 11 is 4.80. The number of aryl methyl sites for hydroxylation is 1. The molecule has 0 bridgehead atoms. The van der Waals surface area contributed by atoms with Crippen molar-refractivity contribution in [2.24, 2.45) is 7.05 Å². The van der Waals surface area contributed by atoms with Gasteiger partial charge in [0.2, 0.25) is 0 Å². The normalized spacial score (nSPS) is 10.8. The number of benzene rings is 1. The largest absolute Gasteiger partial charge is 0.409 e. The van der Waals surface area contributed by atoms with Crippen molar-refractivity contribution >= 4 is 12.2 Å². The minimum absolute atomic E-state index is 0.0761. The van der Waals surface area contributed by atoms with E-state index >= 15 is 0 Å². The van der Waals surface area contributed by atoms with E-state index in [1.807, 2.05) is 0 Å². The average Bonchev–Trinajstić information content (AvgIpc) is 2.89. The summed E-state index contributed by atoms with van der Waals surface area (Å²) in [5.74, 6) is -0.256. The molecule has 0 aliphatic heterocycles. The molecule has 2 heterocycles. The average molecular weight is 304 g/mol. The zero-order valence-corrected chi connectivity index (χ0v) is 11.6. The summed E-state index contributed by atoms with van der Waals surface area (Å²) < 4.78 is 19.3. The van der Waals surface area contributed by atoms with Crippen molar-refractivity contribution in [1.29, 1.82) is 0 Å². The first-order valence-corrected chi connectivity index (χ1v) is 6.35. The molecule has 0 unspecified atom stereocenters. The summed E-state index contributed by atoms with van der Waals surface area (Å²) in [7, 11) is 1.51. The van der Waals surface area contributed by atoms with Gasteiger partial charge in [0.25, 0.3) is 16.3 Å². The molecule has 0 radical (unpaired) electrons. The van der Waals surface area contributed by atoms with E-state index in [4.69, 9.17) is 16.6 Å². The second-order valence-corrected chi connectivity index (χ2v) is 4.67. The van der Waals surface area contributed by atoms with E-state index in [-0.39, 0.29) is 27.7 Å². The van der Waals surface area contributed by atoms with E-state index in [2.05, 4.69) is 15.3 Å². The molecule has 0 saturated heterocycles. The molecule has 0 spiro atoms. The minimum Gasteiger partial charge on any atom is -0.409 e. The molecule has 1 N–H and O–H groups in total. The van der Waals surface area contributed by atoms with Crippen molar-refractivity contribution in [3.8, 4) is 22.7 Å². The molecule has 3 rings (SSSR count). The SMILES string of the molecule is Cn1nc(-c2ccc(F)cc2)cc(-c2n[nH]c(=S)o2)c1=O. The molecule has 1 aromatic carbocycles. The van der Waals surface area contributed by atoms with Crippen molar-refractivity contribution in [1.82, 2.24) is 20.0 Å². The summed E-state index contributed by atoms with van der Waals surface area (Å²) in [6, 6.07) is 7.33. The molecule has 8 heteroatoms. The van der Waals surface area contributed by atoms with Crippen LogP contribution in [0.1, 0.15) is 0 Å². The van der Waals surface area contributed by atoms with E-state index < -0.39 is 0 Å². The fraction of sp³-hybridized carbons (Fsp3) is 0.0769. The molecule has 0 amide bonds. The molecular formula is C13H9FN4O2S. The number of nitrogens with one attached hydrogen (secondary N) is 1. The van der Waals surface area contributed by atoms with Gasteiger partial charge in [0.05, 0.1) is 5.69 Å². The first-order chi connectivity index (χ1) is 10.0. The zero-order valence-electron chi connectivity index (χ0n) is 10.8. The molecule has 6 nitrogen and oxygen atoms in total. The predicted molar refractivity (Wildman–Crippen MR) is 75.6 cm³/mol. The molecule has 3 aromatic rings. The Morgan fingerprint density at radius 2 is 2.05 bits per heavy atom. The molecule has 0 saturated carbocycles. The van der Waals surface area contributed by atoms with E-state index in [9.17, 15) is 9.18 Å². The van der Waals surface area contributed by atoms with Crippen LogP contribution in [0.25, 0.3) is 22.7 Å². The van der Waals surface area contributed by atoms with Crippen LogP contribution in [0.4, 0.5) is 4.39 Å². The lowest BCUT2D eigenvalue weighted by molar-refractivity contribution is 0.549. The summed E-state index contributed by atoms with van der Waals surface area (Å²) in [6.07, 6.45) is 0. The number of aromatic amines is 1. The zero-order chi connectivity index (χ0) is 15.0. The van der Waals surface area contributed by atoms with Gasteiger partial charge in [0, 0.05) is 12.6 Å². The summed E-state index contributed by atoms with van der Waals surface area (Å²) in [5, 5.41) is 10.4. The van der Waals surface area contributed by atoms with Gasteiger partial charge < -0.3 is 4.42 Å². The Kier molecular flexibility index (Phi) is 3.22. The molecule has 21 heavy (non-hydrogen) atoms. The maximum Gasteiger partial charge on any atom is 0.284 e. The van der Waals surface area contributed by atoms with Crippen molar-refractivity contribution < 1.29 is 8.81 Å². The Balaban J connectivity index is 2.20. The predicted octanol–water partition coefficient (Wildman–Crippen LogP) is 2.30. The van der Waals surface area contributed by atoms with Crippen LogP contribution >= 0.6 is 12.2 Å².